The van der Waals surface area contributed by atoms with Gasteiger partial charge in [0.1, 0.15) is 5.82 Å². The lowest BCUT2D eigenvalue weighted by atomic mass is 9.93. The summed E-state index contributed by atoms with van der Waals surface area (Å²) < 4.78 is 0. The molecule has 3 heteroatoms. The molecule has 0 bridgehead atoms. The van der Waals surface area contributed by atoms with E-state index in [1.807, 2.05) is 12.1 Å². The molecule has 2 rings (SSSR count). The summed E-state index contributed by atoms with van der Waals surface area (Å²) in [5.41, 5.74) is 8.10. The highest BCUT2D eigenvalue weighted by Crippen LogP contribution is 2.23. The smallest absolute Gasteiger partial charge is 0.126 e. The van der Waals surface area contributed by atoms with Crippen LogP contribution in [0.1, 0.15) is 37.7 Å². The van der Waals surface area contributed by atoms with Crippen molar-refractivity contribution in [3.05, 3.63) is 35.5 Å². The molecule has 1 aromatic heterocycles. The molecule has 0 aromatic carbocycles. The standard InChI is InChI=1S/C14H20N2O/c15-14-12(7-4-8-16-14)10-13(17)9-11-5-2-1-3-6-11/h4-5,7-8,13,17H,1-3,6,9-10H2,(H2,15,16). The van der Waals surface area contributed by atoms with Crippen molar-refractivity contribution >= 4 is 5.82 Å². The van der Waals surface area contributed by atoms with Crippen LogP contribution < -0.4 is 5.73 Å². The zero-order chi connectivity index (χ0) is 12.1. The predicted octanol–water partition coefficient (Wildman–Crippen LogP) is 2.46. The third kappa shape index (κ3) is 3.56. The molecule has 0 spiro atoms. The summed E-state index contributed by atoms with van der Waals surface area (Å²) in [4.78, 5) is 4.03. The lowest BCUT2D eigenvalue weighted by molar-refractivity contribution is 0.173. The van der Waals surface area contributed by atoms with Crippen LogP contribution in [-0.4, -0.2) is 16.2 Å². The number of nitrogen functional groups attached to an aromatic ring is 1. The first-order valence-electron chi connectivity index (χ1n) is 6.31. The molecule has 0 saturated carbocycles. The van der Waals surface area contributed by atoms with Crippen LogP contribution in [0, 0.1) is 0 Å². The minimum atomic E-state index is -0.342. The summed E-state index contributed by atoms with van der Waals surface area (Å²) in [6, 6.07) is 3.79. The number of nitrogens with two attached hydrogens (primary N) is 1. The molecule has 0 amide bonds. The minimum Gasteiger partial charge on any atom is -0.392 e. The molecule has 0 fully saturated rings. The van der Waals surface area contributed by atoms with Gasteiger partial charge in [0, 0.05) is 12.6 Å². The molecule has 1 aliphatic carbocycles. The maximum Gasteiger partial charge on any atom is 0.126 e. The Morgan fingerprint density at radius 2 is 2.24 bits per heavy atom. The van der Waals surface area contributed by atoms with E-state index in [2.05, 4.69) is 11.1 Å². The Bertz CT molecular complexity index is 401. The zero-order valence-corrected chi connectivity index (χ0v) is 10.1. The van der Waals surface area contributed by atoms with E-state index in [0.29, 0.717) is 12.2 Å². The van der Waals surface area contributed by atoms with Crippen molar-refractivity contribution in [3.8, 4) is 0 Å². The SMILES string of the molecule is Nc1ncccc1CC(O)CC1=CCCCC1. The molecule has 1 aromatic rings. The van der Waals surface area contributed by atoms with E-state index in [4.69, 9.17) is 5.73 Å². The van der Waals surface area contributed by atoms with Crippen LogP contribution in [0.25, 0.3) is 0 Å². The molecule has 1 heterocycles. The number of anilines is 1. The molecule has 1 atom stereocenters. The largest absolute Gasteiger partial charge is 0.392 e. The quantitative estimate of drug-likeness (QED) is 0.784. The number of hydrogen-bond acceptors (Lipinski definition) is 3. The third-order valence-corrected chi connectivity index (χ3v) is 3.26. The van der Waals surface area contributed by atoms with Gasteiger partial charge in [0.25, 0.3) is 0 Å². The van der Waals surface area contributed by atoms with E-state index in [1.165, 1.54) is 18.4 Å². The molecule has 3 N–H and O–H groups in total. The van der Waals surface area contributed by atoms with Crippen LogP contribution in [0.4, 0.5) is 5.82 Å². The van der Waals surface area contributed by atoms with Gasteiger partial charge in [0.2, 0.25) is 0 Å². The van der Waals surface area contributed by atoms with Gasteiger partial charge in [-0.3, -0.25) is 0 Å². The number of nitrogens with zero attached hydrogens (tertiary/aromatic N) is 1. The number of pyridine rings is 1. The van der Waals surface area contributed by atoms with Gasteiger partial charge in [-0.05, 0) is 43.7 Å². The summed E-state index contributed by atoms with van der Waals surface area (Å²) in [6.07, 6.45) is 9.82. The summed E-state index contributed by atoms with van der Waals surface area (Å²) in [6.45, 7) is 0. The van der Waals surface area contributed by atoms with E-state index in [0.717, 1.165) is 24.8 Å². The average molecular weight is 232 g/mol. The second-order valence-corrected chi connectivity index (χ2v) is 4.72. The van der Waals surface area contributed by atoms with E-state index < -0.39 is 0 Å². The van der Waals surface area contributed by atoms with E-state index >= 15 is 0 Å². The second kappa shape index (κ2) is 5.82. The first-order chi connectivity index (χ1) is 8.25. The first-order valence-corrected chi connectivity index (χ1v) is 6.31. The Labute approximate surface area is 102 Å². The molecule has 0 radical (unpaired) electrons. The normalized spacial score (nSPS) is 17.6. The van der Waals surface area contributed by atoms with Crippen molar-refractivity contribution in [3.63, 3.8) is 0 Å². The maximum atomic E-state index is 10.1. The van der Waals surface area contributed by atoms with Gasteiger partial charge in [0.15, 0.2) is 0 Å². The van der Waals surface area contributed by atoms with Crippen molar-refractivity contribution < 1.29 is 5.11 Å². The molecule has 0 saturated heterocycles. The molecule has 1 aliphatic rings. The number of aliphatic hydroxyl groups excluding tert-OH is 1. The number of aliphatic hydroxyl groups is 1. The summed E-state index contributed by atoms with van der Waals surface area (Å²) in [5, 5.41) is 10.1. The molecular weight excluding hydrogens is 212 g/mol. The van der Waals surface area contributed by atoms with Crippen molar-refractivity contribution in [1.29, 1.82) is 0 Å². The summed E-state index contributed by atoms with van der Waals surface area (Å²) >= 11 is 0. The van der Waals surface area contributed by atoms with Crippen LogP contribution in [0.2, 0.25) is 0 Å². The monoisotopic (exact) mass is 232 g/mol. The van der Waals surface area contributed by atoms with Gasteiger partial charge in [-0.25, -0.2) is 4.98 Å². The highest BCUT2D eigenvalue weighted by Gasteiger charge is 2.12. The van der Waals surface area contributed by atoms with Gasteiger partial charge < -0.3 is 10.8 Å². The van der Waals surface area contributed by atoms with Gasteiger partial charge in [-0.1, -0.05) is 17.7 Å². The number of rotatable bonds is 4. The fraction of sp³-hybridized carbons (Fsp3) is 0.500. The van der Waals surface area contributed by atoms with Crippen molar-refractivity contribution in [1.82, 2.24) is 4.98 Å². The first kappa shape index (κ1) is 12.1. The maximum absolute atomic E-state index is 10.1. The lowest BCUT2D eigenvalue weighted by Gasteiger charge is -2.17. The lowest BCUT2D eigenvalue weighted by Crippen LogP contribution is -2.14. The minimum absolute atomic E-state index is 0.342. The average Bonchev–Trinajstić information content (AvgIpc) is 2.33. The Kier molecular flexibility index (Phi) is 4.15. The van der Waals surface area contributed by atoms with Gasteiger partial charge >= 0.3 is 0 Å². The van der Waals surface area contributed by atoms with Crippen LogP contribution >= 0.6 is 0 Å². The third-order valence-electron chi connectivity index (χ3n) is 3.26. The Balaban J connectivity index is 1.91. The molecule has 0 aliphatic heterocycles. The predicted molar refractivity (Wildman–Crippen MR) is 69.5 cm³/mol. The fourth-order valence-electron chi connectivity index (χ4n) is 2.34. The van der Waals surface area contributed by atoms with Crippen molar-refractivity contribution in [2.45, 2.75) is 44.6 Å². The van der Waals surface area contributed by atoms with Gasteiger partial charge in [-0.15, -0.1) is 0 Å². The molecule has 1 unspecified atom stereocenters. The summed E-state index contributed by atoms with van der Waals surface area (Å²) in [5.74, 6) is 0.532. The van der Waals surface area contributed by atoms with Crippen LogP contribution in [0.3, 0.4) is 0 Å². The highest BCUT2D eigenvalue weighted by atomic mass is 16.3. The van der Waals surface area contributed by atoms with E-state index in [-0.39, 0.29) is 6.10 Å². The molecule has 3 nitrogen and oxygen atoms in total. The topological polar surface area (TPSA) is 59.1 Å². The van der Waals surface area contributed by atoms with Crippen LogP contribution in [0.5, 0.6) is 0 Å². The number of aromatic nitrogens is 1. The Morgan fingerprint density at radius 3 is 2.94 bits per heavy atom. The highest BCUT2D eigenvalue weighted by molar-refractivity contribution is 5.38. The zero-order valence-electron chi connectivity index (χ0n) is 10.1. The van der Waals surface area contributed by atoms with Crippen molar-refractivity contribution in [2.24, 2.45) is 0 Å². The fourth-order valence-corrected chi connectivity index (χ4v) is 2.34. The molecule has 17 heavy (non-hydrogen) atoms. The molecule has 92 valence electrons. The van der Waals surface area contributed by atoms with Crippen LogP contribution in [0.15, 0.2) is 30.0 Å². The number of hydrogen-bond donors (Lipinski definition) is 2. The Hall–Kier alpha value is -1.35. The van der Waals surface area contributed by atoms with E-state index in [1.54, 1.807) is 6.20 Å². The van der Waals surface area contributed by atoms with Gasteiger partial charge in [-0.2, -0.15) is 0 Å². The number of allylic oxidation sites excluding steroid dienone is 1. The van der Waals surface area contributed by atoms with Crippen LogP contribution in [-0.2, 0) is 6.42 Å². The second-order valence-electron chi connectivity index (χ2n) is 4.72. The summed E-state index contributed by atoms with van der Waals surface area (Å²) in [7, 11) is 0. The Morgan fingerprint density at radius 1 is 1.35 bits per heavy atom. The van der Waals surface area contributed by atoms with Crippen molar-refractivity contribution in [2.75, 3.05) is 5.73 Å². The van der Waals surface area contributed by atoms with E-state index in [9.17, 15) is 5.11 Å². The van der Waals surface area contributed by atoms with Gasteiger partial charge in [0.05, 0.1) is 6.10 Å². The molecular formula is C14H20N2O.